The predicted octanol–water partition coefficient (Wildman–Crippen LogP) is 4.56. The van der Waals surface area contributed by atoms with Gasteiger partial charge in [0.25, 0.3) is 15.9 Å². The summed E-state index contributed by atoms with van der Waals surface area (Å²) in [4.78, 5) is 12.4. The second-order valence-electron chi connectivity index (χ2n) is 6.71. The van der Waals surface area contributed by atoms with E-state index in [0.717, 1.165) is 5.56 Å². The maximum atomic E-state index is 13.7. The number of anilines is 1. The van der Waals surface area contributed by atoms with E-state index in [1.807, 2.05) is 13.0 Å². The molecule has 5 nitrogen and oxygen atoms in total. The first-order valence-electron chi connectivity index (χ1n) is 9.17. The van der Waals surface area contributed by atoms with E-state index in [1.165, 1.54) is 24.3 Å². The largest absolute Gasteiger partial charge is 0.352 e. The molecule has 0 unspecified atom stereocenters. The Labute approximate surface area is 179 Å². The van der Waals surface area contributed by atoms with Crippen molar-refractivity contribution in [1.82, 2.24) is 5.32 Å². The van der Waals surface area contributed by atoms with E-state index in [9.17, 15) is 17.6 Å². The number of rotatable bonds is 7. The number of carbonyl (C=O) groups is 1. The second kappa shape index (κ2) is 9.28. The Hall–Kier alpha value is -2.90. The summed E-state index contributed by atoms with van der Waals surface area (Å²) >= 11 is 6.11. The van der Waals surface area contributed by atoms with Crippen LogP contribution in [0.25, 0.3) is 0 Å². The van der Waals surface area contributed by atoms with Crippen LogP contribution in [0.1, 0.15) is 21.5 Å². The maximum absolute atomic E-state index is 13.7. The summed E-state index contributed by atoms with van der Waals surface area (Å²) in [6.45, 7) is 2.03. The van der Waals surface area contributed by atoms with Gasteiger partial charge in [-0.2, -0.15) is 0 Å². The highest BCUT2D eigenvalue weighted by molar-refractivity contribution is 7.92. The van der Waals surface area contributed by atoms with Crippen LogP contribution in [0.4, 0.5) is 10.1 Å². The summed E-state index contributed by atoms with van der Waals surface area (Å²) in [6, 6.07) is 17.1. The Kier molecular flexibility index (Phi) is 6.74. The summed E-state index contributed by atoms with van der Waals surface area (Å²) in [5, 5.41) is 2.76. The van der Waals surface area contributed by atoms with Crippen molar-refractivity contribution >= 4 is 33.2 Å². The van der Waals surface area contributed by atoms with Crippen molar-refractivity contribution in [3.8, 4) is 0 Å². The molecule has 0 aliphatic carbocycles. The molecule has 3 aromatic rings. The van der Waals surface area contributed by atoms with Gasteiger partial charge in [0.05, 0.1) is 15.5 Å². The van der Waals surface area contributed by atoms with Crippen LogP contribution < -0.4 is 10.0 Å². The van der Waals surface area contributed by atoms with Gasteiger partial charge in [-0.15, -0.1) is 0 Å². The van der Waals surface area contributed by atoms with Gasteiger partial charge in [-0.25, -0.2) is 12.8 Å². The monoisotopic (exact) mass is 446 g/mol. The zero-order chi connectivity index (χ0) is 21.7. The summed E-state index contributed by atoms with van der Waals surface area (Å²) in [5.74, 6) is -0.885. The highest BCUT2D eigenvalue weighted by Gasteiger charge is 2.19. The van der Waals surface area contributed by atoms with Gasteiger partial charge in [0.1, 0.15) is 5.82 Å². The molecule has 0 heterocycles. The molecule has 0 spiro atoms. The summed E-state index contributed by atoms with van der Waals surface area (Å²) in [5.41, 5.74) is 1.82. The molecule has 0 saturated heterocycles. The van der Waals surface area contributed by atoms with Gasteiger partial charge < -0.3 is 5.32 Å². The highest BCUT2D eigenvalue weighted by Crippen LogP contribution is 2.23. The van der Waals surface area contributed by atoms with Gasteiger partial charge in [-0.3, -0.25) is 9.52 Å². The molecule has 2 N–H and O–H groups in total. The van der Waals surface area contributed by atoms with Crippen LogP contribution in [0, 0.1) is 12.7 Å². The SMILES string of the molecule is Cc1cccc(NS(=O)(=O)c2ccc(Cl)c(C(=O)NCCc3ccccc3F)c2)c1. The minimum Gasteiger partial charge on any atom is -0.352 e. The first-order valence-corrected chi connectivity index (χ1v) is 11.0. The highest BCUT2D eigenvalue weighted by atomic mass is 35.5. The molecular weight excluding hydrogens is 427 g/mol. The van der Waals surface area contributed by atoms with Crippen molar-refractivity contribution in [2.24, 2.45) is 0 Å². The summed E-state index contributed by atoms with van der Waals surface area (Å²) in [7, 11) is -3.91. The van der Waals surface area contributed by atoms with E-state index in [0.29, 0.717) is 17.7 Å². The van der Waals surface area contributed by atoms with Crippen molar-refractivity contribution in [3.05, 3.63) is 94.3 Å². The number of amides is 1. The van der Waals surface area contributed by atoms with Gasteiger partial charge >= 0.3 is 0 Å². The molecule has 0 aliphatic heterocycles. The molecule has 0 saturated carbocycles. The standard InChI is InChI=1S/C22H20ClFN2O3S/c1-15-5-4-7-17(13-15)26-30(28,29)18-9-10-20(23)19(14-18)22(27)25-12-11-16-6-2-3-8-21(16)24/h2-10,13-14,26H,11-12H2,1H3,(H,25,27). The molecule has 156 valence electrons. The van der Waals surface area contributed by atoms with Crippen molar-refractivity contribution in [1.29, 1.82) is 0 Å². The number of sulfonamides is 1. The van der Waals surface area contributed by atoms with Gasteiger partial charge in [0.15, 0.2) is 0 Å². The van der Waals surface area contributed by atoms with E-state index < -0.39 is 15.9 Å². The van der Waals surface area contributed by atoms with E-state index in [-0.39, 0.29) is 27.8 Å². The fourth-order valence-electron chi connectivity index (χ4n) is 2.88. The van der Waals surface area contributed by atoms with Crippen LogP contribution in [0.5, 0.6) is 0 Å². The zero-order valence-corrected chi connectivity index (χ0v) is 17.7. The van der Waals surface area contributed by atoms with Crippen LogP contribution in [-0.2, 0) is 16.4 Å². The van der Waals surface area contributed by atoms with Crippen molar-refractivity contribution in [2.75, 3.05) is 11.3 Å². The first-order chi connectivity index (χ1) is 14.3. The maximum Gasteiger partial charge on any atom is 0.261 e. The van der Waals surface area contributed by atoms with E-state index in [1.54, 1.807) is 36.4 Å². The number of halogens is 2. The van der Waals surface area contributed by atoms with Crippen LogP contribution in [0.3, 0.4) is 0 Å². The van der Waals surface area contributed by atoms with Gasteiger partial charge in [-0.1, -0.05) is 41.9 Å². The fourth-order valence-corrected chi connectivity index (χ4v) is 4.15. The van der Waals surface area contributed by atoms with Gasteiger partial charge in [0, 0.05) is 12.2 Å². The molecule has 0 aromatic heterocycles. The fraction of sp³-hybridized carbons (Fsp3) is 0.136. The van der Waals surface area contributed by atoms with Crippen LogP contribution >= 0.6 is 11.6 Å². The Balaban J connectivity index is 1.74. The third-order valence-corrected chi connectivity index (χ3v) is 6.11. The van der Waals surface area contributed by atoms with Crippen LogP contribution in [-0.4, -0.2) is 20.9 Å². The topological polar surface area (TPSA) is 75.3 Å². The second-order valence-corrected chi connectivity index (χ2v) is 8.80. The zero-order valence-electron chi connectivity index (χ0n) is 16.2. The molecule has 0 fully saturated rings. The number of hydrogen-bond acceptors (Lipinski definition) is 3. The minimum atomic E-state index is -3.91. The van der Waals surface area contributed by atoms with Crippen molar-refractivity contribution in [2.45, 2.75) is 18.2 Å². The number of carbonyl (C=O) groups excluding carboxylic acids is 1. The van der Waals surface area contributed by atoms with Gasteiger partial charge in [0.2, 0.25) is 0 Å². The lowest BCUT2D eigenvalue weighted by Crippen LogP contribution is -2.26. The quantitative estimate of drug-likeness (QED) is 0.558. The predicted molar refractivity (Wildman–Crippen MR) is 116 cm³/mol. The summed E-state index contributed by atoms with van der Waals surface area (Å²) < 4.78 is 41.6. The molecule has 0 atom stereocenters. The Morgan fingerprint density at radius 1 is 1.03 bits per heavy atom. The molecular formula is C22H20ClFN2O3S. The lowest BCUT2D eigenvalue weighted by Gasteiger charge is -2.12. The van der Waals surface area contributed by atoms with Gasteiger partial charge in [-0.05, 0) is 60.9 Å². The van der Waals surface area contributed by atoms with Crippen molar-refractivity contribution < 1.29 is 17.6 Å². The average Bonchev–Trinajstić information content (AvgIpc) is 2.69. The molecule has 0 bridgehead atoms. The molecule has 3 aromatic carbocycles. The number of aryl methyl sites for hydroxylation is 1. The lowest BCUT2D eigenvalue weighted by molar-refractivity contribution is 0.0954. The Morgan fingerprint density at radius 2 is 1.80 bits per heavy atom. The average molecular weight is 447 g/mol. The first kappa shape index (κ1) is 21.8. The lowest BCUT2D eigenvalue weighted by atomic mass is 10.1. The third kappa shape index (κ3) is 5.37. The van der Waals surface area contributed by atoms with Crippen LogP contribution in [0.2, 0.25) is 5.02 Å². The normalized spacial score (nSPS) is 11.2. The third-order valence-electron chi connectivity index (χ3n) is 4.40. The Morgan fingerprint density at radius 3 is 2.53 bits per heavy atom. The Bertz CT molecular complexity index is 1180. The molecule has 30 heavy (non-hydrogen) atoms. The number of benzene rings is 3. The van der Waals surface area contributed by atoms with E-state index in [2.05, 4.69) is 10.0 Å². The van der Waals surface area contributed by atoms with Crippen LogP contribution in [0.15, 0.2) is 71.6 Å². The smallest absolute Gasteiger partial charge is 0.261 e. The molecule has 0 radical (unpaired) electrons. The molecule has 0 aliphatic rings. The summed E-state index contributed by atoms with van der Waals surface area (Å²) in [6.07, 6.45) is 0.295. The number of nitrogens with one attached hydrogen (secondary N) is 2. The van der Waals surface area contributed by atoms with E-state index >= 15 is 0 Å². The van der Waals surface area contributed by atoms with E-state index in [4.69, 9.17) is 11.6 Å². The molecule has 8 heteroatoms. The molecule has 1 amide bonds. The number of hydrogen-bond donors (Lipinski definition) is 2. The minimum absolute atomic E-state index is 0.0253. The molecule has 3 rings (SSSR count). The van der Waals surface area contributed by atoms with Crippen molar-refractivity contribution in [3.63, 3.8) is 0 Å².